The van der Waals surface area contributed by atoms with Crippen molar-refractivity contribution in [1.29, 1.82) is 0 Å². The Morgan fingerprint density at radius 1 is 0.943 bits per heavy atom. The maximum absolute atomic E-state index is 13.1. The SMILES string of the molecule is COc1ccc(CCN2COc3ccc4c(c3C2)O/C(=C\c2ccc(OC)cc2OC)C4=O)cc1. The Hall–Kier alpha value is -3.97. The number of benzene rings is 3. The van der Waals surface area contributed by atoms with E-state index in [9.17, 15) is 4.79 Å². The topological polar surface area (TPSA) is 66.5 Å². The number of Topliss-reactive ketones (excluding diaryl/α,β-unsaturated/α-hetero) is 1. The smallest absolute Gasteiger partial charge is 0.231 e. The molecule has 0 radical (unpaired) electrons. The minimum atomic E-state index is -0.156. The van der Waals surface area contributed by atoms with E-state index in [4.69, 9.17) is 23.7 Å². The first-order valence-corrected chi connectivity index (χ1v) is 11.4. The number of carbonyl (C=O) groups excluding carboxylic acids is 1. The monoisotopic (exact) mass is 473 g/mol. The van der Waals surface area contributed by atoms with Gasteiger partial charge in [0, 0.05) is 24.7 Å². The van der Waals surface area contributed by atoms with Crippen LogP contribution >= 0.6 is 0 Å². The first-order valence-electron chi connectivity index (χ1n) is 11.4. The Labute approximate surface area is 204 Å². The molecule has 7 nitrogen and oxygen atoms in total. The third-order valence-electron chi connectivity index (χ3n) is 6.29. The predicted molar refractivity (Wildman–Crippen MR) is 132 cm³/mol. The fraction of sp³-hybridized carbons (Fsp3) is 0.250. The molecule has 5 rings (SSSR count). The van der Waals surface area contributed by atoms with Crippen LogP contribution in [-0.4, -0.2) is 45.3 Å². The molecular weight excluding hydrogens is 446 g/mol. The third-order valence-corrected chi connectivity index (χ3v) is 6.29. The molecular formula is C28H27NO6. The number of hydrogen-bond acceptors (Lipinski definition) is 7. The van der Waals surface area contributed by atoms with E-state index in [-0.39, 0.29) is 11.5 Å². The van der Waals surface area contributed by atoms with Gasteiger partial charge in [-0.1, -0.05) is 12.1 Å². The van der Waals surface area contributed by atoms with Gasteiger partial charge in [0.05, 0.1) is 32.5 Å². The standard InChI is InChI=1S/C28H27NO6/c1-31-20-7-4-18(5-8-20)12-13-29-16-23-24(34-17-29)11-10-22-27(30)26(35-28(22)23)14-19-6-9-21(32-2)15-25(19)33-3/h4-11,14-15H,12-13,16-17H2,1-3H3/b26-14-. The lowest BCUT2D eigenvalue weighted by Crippen LogP contribution is -2.33. The Kier molecular flexibility index (Phi) is 6.33. The van der Waals surface area contributed by atoms with Crippen LogP contribution in [0.2, 0.25) is 0 Å². The van der Waals surface area contributed by atoms with Gasteiger partial charge in [-0.3, -0.25) is 9.69 Å². The Bertz CT molecular complexity index is 1280. The highest BCUT2D eigenvalue weighted by Gasteiger charge is 2.33. The van der Waals surface area contributed by atoms with Crippen LogP contribution in [0.3, 0.4) is 0 Å². The molecule has 3 aromatic carbocycles. The maximum atomic E-state index is 13.1. The molecule has 0 saturated carbocycles. The van der Waals surface area contributed by atoms with E-state index in [1.54, 1.807) is 39.5 Å². The highest BCUT2D eigenvalue weighted by Crippen LogP contribution is 2.42. The van der Waals surface area contributed by atoms with Gasteiger partial charge in [0.1, 0.15) is 35.5 Å². The van der Waals surface area contributed by atoms with Crippen LogP contribution in [0.1, 0.15) is 27.0 Å². The molecule has 2 aliphatic rings. The summed E-state index contributed by atoms with van der Waals surface area (Å²) in [5.41, 5.74) is 3.39. The van der Waals surface area contributed by atoms with Gasteiger partial charge in [0.15, 0.2) is 5.76 Å². The lowest BCUT2D eigenvalue weighted by atomic mass is 10.0. The fourth-order valence-electron chi connectivity index (χ4n) is 4.31. The Morgan fingerprint density at radius 3 is 2.46 bits per heavy atom. The zero-order valence-electron chi connectivity index (χ0n) is 20.0. The van der Waals surface area contributed by atoms with Crippen molar-refractivity contribution in [2.45, 2.75) is 13.0 Å². The molecule has 0 aliphatic carbocycles. The van der Waals surface area contributed by atoms with Gasteiger partial charge in [0.2, 0.25) is 5.78 Å². The van der Waals surface area contributed by atoms with Crippen molar-refractivity contribution in [3.8, 4) is 28.7 Å². The predicted octanol–water partition coefficient (Wildman–Crippen LogP) is 4.72. The summed E-state index contributed by atoms with van der Waals surface area (Å²) in [5, 5.41) is 0. The molecule has 3 aromatic rings. The molecule has 0 saturated heterocycles. The lowest BCUT2D eigenvalue weighted by Gasteiger charge is -2.29. The molecule has 0 aromatic heterocycles. The molecule has 0 N–H and O–H groups in total. The van der Waals surface area contributed by atoms with Gasteiger partial charge in [-0.25, -0.2) is 0 Å². The summed E-state index contributed by atoms with van der Waals surface area (Å²) < 4.78 is 28.1. The van der Waals surface area contributed by atoms with Crippen LogP contribution in [0.25, 0.3) is 6.08 Å². The molecule has 0 spiro atoms. The highest BCUT2D eigenvalue weighted by atomic mass is 16.5. The summed E-state index contributed by atoms with van der Waals surface area (Å²) in [6.07, 6.45) is 2.58. The zero-order chi connectivity index (χ0) is 24.4. The normalized spacial score (nSPS) is 15.7. The maximum Gasteiger partial charge on any atom is 0.231 e. The van der Waals surface area contributed by atoms with Crippen molar-refractivity contribution in [3.63, 3.8) is 0 Å². The van der Waals surface area contributed by atoms with E-state index in [0.29, 0.717) is 36.1 Å². The fourth-order valence-corrected chi connectivity index (χ4v) is 4.31. The summed E-state index contributed by atoms with van der Waals surface area (Å²) in [6.45, 7) is 1.94. The van der Waals surface area contributed by atoms with Crippen LogP contribution in [0.15, 0.2) is 60.4 Å². The average molecular weight is 474 g/mol. The number of fused-ring (bicyclic) bond motifs is 3. The van der Waals surface area contributed by atoms with E-state index < -0.39 is 0 Å². The molecule has 7 heteroatoms. The van der Waals surface area contributed by atoms with Gasteiger partial charge in [-0.15, -0.1) is 0 Å². The molecule has 0 unspecified atom stereocenters. The third kappa shape index (κ3) is 4.55. The van der Waals surface area contributed by atoms with Gasteiger partial charge in [0.25, 0.3) is 0 Å². The molecule has 2 heterocycles. The van der Waals surface area contributed by atoms with Crippen molar-refractivity contribution in [1.82, 2.24) is 4.90 Å². The summed E-state index contributed by atoms with van der Waals surface area (Å²) in [7, 11) is 4.84. The number of rotatable bonds is 7. The zero-order valence-corrected chi connectivity index (χ0v) is 20.0. The Morgan fingerprint density at radius 2 is 1.71 bits per heavy atom. The summed E-state index contributed by atoms with van der Waals surface area (Å²) in [6, 6.07) is 17.1. The largest absolute Gasteiger partial charge is 0.497 e. The van der Waals surface area contributed by atoms with Gasteiger partial charge < -0.3 is 23.7 Å². The molecule has 2 aliphatic heterocycles. The van der Waals surface area contributed by atoms with Gasteiger partial charge in [-0.2, -0.15) is 0 Å². The second-order valence-corrected chi connectivity index (χ2v) is 8.39. The van der Waals surface area contributed by atoms with Crippen LogP contribution < -0.4 is 23.7 Å². The number of ketones is 1. The number of allylic oxidation sites excluding steroid dienone is 1. The number of carbonyl (C=O) groups is 1. The molecule has 0 fully saturated rings. The summed E-state index contributed by atoms with van der Waals surface area (Å²) in [5.74, 6) is 3.54. The Balaban J connectivity index is 1.35. The van der Waals surface area contributed by atoms with Crippen molar-refractivity contribution in [3.05, 3.63) is 82.6 Å². The van der Waals surface area contributed by atoms with E-state index >= 15 is 0 Å². The van der Waals surface area contributed by atoms with Crippen LogP contribution in [-0.2, 0) is 13.0 Å². The first kappa shape index (κ1) is 22.8. The summed E-state index contributed by atoms with van der Waals surface area (Å²) >= 11 is 0. The van der Waals surface area contributed by atoms with Crippen LogP contribution in [0, 0.1) is 0 Å². The van der Waals surface area contributed by atoms with Crippen molar-refractivity contribution in [2.75, 3.05) is 34.6 Å². The molecule has 180 valence electrons. The van der Waals surface area contributed by atoms with Crippen molar-refractivity contribution in [2.24, 2.45) is 0 Å². The van der Waals surface area contributed by atoms with Crippen LogP contribution in [0.4, 0.5) is 0 Å². The first-order chi connectivity index (χ1) is 17.1. The van der Waals surface area contributed by atoms with Crippen LogP contribution in [0.5, 0.6) is 28.7 Å². The average Bonchev–Trinajstić information content (AvgIpc) is 3.23. The van der Waals surface area contributed by atoms with E-state index in [0.717, 1.165) is 35.6 Å². The van der Waals surface area contributed by atoms with Gasteiger partial charge >= 0.3 is 0 Å². The lowest BCUT2D eigenvalue weighted by molar-refractivity contribution is 0.0949. The molecule has 0 bridgehead atoms. The minimum absolute atomic E-state index is 0.156. The van der Waals surface area contributed by atoms with E-state index in [1.807, 2.05) is 30.3 Å². The molecule has 0 amide bonds. The number of nitrogens with zero attached hydrogens (tertiary/aromatic N) is 1. The van der Waals surface area contributed by atoms with Crippen molar-refractivity contribution < 1.29 is 28.5 Å². The minimum Gasteiger partial charge on any atom is -0.497 e. The number of hydrogen-bond donors (Lipinski definition) is 0. The second kappa shape index (κ2) is 9.72. The number of methoxy groups -OCH3 is 3. The van der Waals surface area contributed by atoms with E-state index in [1.165, 1.54) is 5.56 Å². The summed E-state index contributed by atoms with van der Waals surface area (Å²) in [4.78, 5) is 15.3. The van der Waals surface area contributed by atoms with E-state index in [2.05, 4.69) is 17.0 Å². The van der Waals surface area contributed by atoms with Gasteiger partial charge in [-0.05, 0) is 54.5 Å². The second-order valence-electron chi connectivity index (χ2n) is 8.39. The quantitative estimate of drug-likeness (QED) is 0.460. The molecule has 0 atom stereocenters. The number of ether oxygens (including phenoxy) is 5. The molecule has 35 heavy (non-hydrogen) atoms. The highest BCUT2D eigenvalue weighted by molar-refractivity contribution is 6.15. The van der Waals surface area contributed by atoms with Crippen molar-refractivity contribution >= 4 is 11.9 Å².